The number of aliphatic hydroxyl groups excluding tert-OH is 2. The number of ether oxygens (including phenoxy) is 6. The molecule has 2 saturated heterocycles. The first-order chi connectivity index (χ1) is 31.6. The second-order valence-corrected chi connectivity index (χ2v) is 15.2. The first-order valence-electron chi connectivity index (χ1n) is 20.9. The minimum Gasteiger partial charge on any atom is -0.563 e. The Morgan fingerprint density at radius 3 is 1.15 bits per heavy atom. The van der Waals surface area contributed by atoms with Crippen molar-refractivity contribution in [3.05, 3.63) is 215 Å². The van der Waals surface area contributed by atoms with Gasteiger partial charge < -0.3 is 38.6 Å². The molecule has 2 unspecified atom stereocenters. The summed E-state index contributed by atoms with van der Waals surface area (Å²) in [4.78, 5) is 48.5. The number of aliphatic hydroxyl groups is 2. The van der Waals surface area contributed by atoms with Crippen LogP contribution in [0.3, 0.4) is 0 Å². The molecule has 2 fully saturated rings. The van der Waals surface area contributed by atoms with Gasteiger partial charge in [-0.2, -0.15) is 13.2 Å². The van der Waals surface area contributed by atoms with E-state index in [2.05, 4.69) is 38.1 Å². The fraction of sp³-hybridized carbons (Fsp3) is 0.208. The summed E-state index contributed by atoms with van der Waals surface area (Å²) in [5, 5.41) is 17.1. The number of benzene rings is 6. The smallest absolute Gasteiger partial charge is 0.336 e. The standard InChI is InChI=1S/C21H24O4.2C16H13O4.Y/c1-21(2,15-3-7-17(8-4-15)22-11-19-13-24-19)16-5-9-18(10-6-16)23-12-20-14-25-20;2*17-10-11-20-16(19)14-9-5-4-8-13(14)15(18)12-6-2-1-3-7-12;/h3-10,19-20H,11-14H2,1-2H3;2*1-10,17H,11H2;/q;2*-1;. The molecule has 0 bridgehead atoms. The van der Waals surface area contributed by atoms with E-state index in [0.717, 1.165) is 37.9 Å². The van der Waals surface area contributed by atoms with Gasteiger partial charge in [-0.25, -0.2) is 9.59 Å². The summed E-state index contributed by atoms with van der Waals surface area (Å²) in [6.07, 6.45) is 0.562. The summed E-state index contributed by atoms with van der Waals surface area (Å²) in [7, 11) is 0. The third-order valence-electron chi connectivity index (χ3n) is 10.3. The van der Waals surface area contributed by atoms with Crippen LogP contribution in [0.15, 0.2) is 158 Å². The van der Waals surface area contributed by atoms with Crippen LogP contribution in [0.1, 0.15) is 77.5 Å². The van der Waals surface area contributed by atoms with Gasteiger partial charge in [0, 0.05) is 60.4 Å². The summed E-state index contributed by atoms with van der Waals surface area (Å²) in [5.41, 5.74) is 4.35. The van der Waals surface area contributed by atoms with Crippen LogP contribution >= 0.6 is 0 Å². The van der Waals surface area contributed by atoms with E-state index >= 15 is 0 Å². The van der Waals surface area contributed by atoms with Crippen molar-refractivity contribution in [2.75, 3.05) is 39.6 Å². The molecule has 2 heterocycles. The Balaban J connectivity index is 0.000000186. The topological polar surface area (TPSA) is 171 Å². The molecule has 6 aromatic carbocycles. The Kier molecular flexibility index (Phi) is 19.9. The number of hydrogen-bond donors (Lipinski definition) is 2. The van der Waals surface area contributed by atoms with E-state index in [-0.39, 0.29) is 97.4 Å². The summed E-state index contributed by atoms with van der Waals surface area (Å²) in [6.45, 7) is 8.41. The quantitative estimate of drug-likeness (QED) is 0.0364. The van der Waals surface area contributed by atoms with Gasteiger partial charge in [0.05, 0.1) is 24.3 Å². The van der Waals surface area contributed by atoms with Crippen LogP contribution < -0.4 is 9.47 Å². The largest absolute Gasteiger partial charge is 0.563 e. The summed E-state index contributed by atoms with van der Waals surface area (Å²) in [6, 6.07) is 47.0. The average molecular weight is 968 g/mol. The third kappa shape index (κ3) is 15.1. The molecule has 0 amide bonds. The Morgan fingerprint density at radius 1 is 0.515 bits per heavy atom. The molecule has 0 saturated carbocycles. The number of esters is 2. The van der Waals surface area contributed by atoms with Gasteiger partial charge in [-0.15, -0.1) is 0 Å². The van der Waals surface area contributed by atoms with Crippen LogP contribution in [0, 0.1) is 13.2 Å². The predicted octanol–water partition coefficient (Wildman–Crippen LogP) is 8.78. The molecule has 12 nitrogen and oxygen atoms in total. The molecule has 0 spiro atoms. The van der Waals surface area contributed by atoms with Crippen molar-refractivity contribution in [1.29, 1.82) is 0 Å². The summed E-state index contributed by atoms with van der Waals surface area (Å²) >= 11 is 0. The number of carbonyl (C=O) groups excluding carboxylic acids is 4. The minimum atomic E-state index is -0.643. The van der Waals surface area contributed by atoms with Crippen LogP contribution in [0.2, 0.25) is 0 Å². The first-order valence-corrected chi connectivity index (χ1v) is 20.9. The molecule has 8 rings (SSSR count). The first kappa shape index (κ1) is 51.1. The van der Waals surface area contributed by atoms with Gasteiger partial charge in [0.25, 0.3) is 0 Å². The Labute approximate surface area is 409 Å². The van der Waals surface area contributed by atoms with Gasteiger partial charge in [0.1, 0.15) is 36.9 Å². The fourth-order valence-electron chi connectivity index (χ4n) is 6.40. The number of ketones is 2. The second-order valence-electron chi connectivity index (χ2n) is 15.2. The molecule has 2 aliphatic rings. The zero-order chi connectivity index (χ0) is 46.0. The Bertz CT molecular complexity index is 2290. The van der Waals surface area contributed by atoms with Gasteiger partial charge in [0.15, 0.2) is 11.6 Å². The average Bonchev–Trinajstić information content (AvgIpc) is 4.31. The molecule has 0 aromatic heterocycles. The summed E-state index contributed by atoms with van der Waals surface area (Å²) in [5.74, 6) is 0.00445. The maximum atomic E-state index is 12.4. The number of hydrogen-bond acceptors (Lipinski definition) is 12. The molecular weight excluding hydrogens is 917 g/mol. The van der Waals surface area contributed by atoms with Crippen molar-refractivity contribution < 1.29 is 90.5 Å². The van der Waals surface area contributed by atoms with E-state index in [1.165, 1.54) is 23.3 Å². The van der Waals surface area contributed by atoms with E-state index in [1.807, 2.05) is 36.4 Å². The van der Waals surface area contributed by atoms with Crippen LogP contribution in [0.4, 0.5) is 0 Å². The zero-order valence-electron chi connectivity index (χ0n) is 36.6. The van der Waals surface area contributed by atoms with Crippen molar-refractivity contribution in [2.45, 2.75) is 31.5 Å². The van der Waals surface area contributed by atoms with Crippen LogP contribution in [0.5, 0.6) is 11.5 Å². The van der Waals surface area contributed by atoms with Gasteiger partial charge >= 0.3 is 11.9 Å². The third-order valence-corrected chi connectivity index (χ3v) is 10.3. The molecule has 0 aliphatic carbocycles. The molecule has 2 N–H and O–H groups in total. The zero-order valence-corrected chi connectivity index (χ0v) is 39.5. The monoisotopic (exact) mass is 967 g/mol. The maximum absolute atomic E-state index is 12.4. The van der Waals surface area contributed by atoms with Crippen molar-refractivity contribution in [3.63, 3.8) is 0 Å². The molecule has 2 atom stereocenters. The fourth-order valence-corrected chi connectivity index (χ4v) is 6.40. The maximum Gasteiger partial charge on any atom is 0.336 e. The van der Waals surface area contributed by atoms with Crippen molar-refractivity contribution in [3.8, 4) is 11.5 Å². The minimum absolute atomic E-state index is 0. The van der Waals surface area contributed by atoms with Gasteiger partial charge in [-0.3, -0.25) is 9.59 Å². The van der Waals surface area contributed by atoms with Gasteiger partial charge in [-0.05, 0) is 60.7 Å². The van der Waals surface area contributed by atoms with Crippen molar-refractivity contribution >= 4 is 23.5 Å². The van der Waals surface area contributed by atoms with Crippen molar-refractivity contribution in [1.82, 2.24) is 0 Å². The van der Waals surface area contributed by atoms with Crippen LogP contribution in [-0.4, -0.2) is 85.6 Å². The van der Waals surface area contributed by atoms with Crippen molar-refractivity contribution in [2.24, 2.45) is 0 Å². The number of rotatable bonds is 18. The molecule has 2 aliphatic heterocycles. The predicted molar refractivity (Wildman–Crippen MR) is 241 cm³/mol. The Hall–Kier alpha value is -5.86. The van der Waals surface area contributed by atoms with Crippen LogP contribution in [0.25, 0.3) is 0 Å². The normalized spacial score (nSPS) is 14.3. The molecule has 1 radical (unpaired) electrons. The van der Waals surface area contributed by atoms with E-state index < -0.39 is 11.9 Å². The molecular formula is C53H50O12Y-2. The molecule has 66 heavy (non-hydrogen) atoms. The number of epoxide rings is 2. The second kappa shape index (κ2) is 25.7. The van der Waals surface area contributed by atoms with Gasteiger partial charge in [-0.1, -0.05) is 135 Å². The molecule has 13 heteroatoms. The number of carbonyl (C=O) groups is 4. The SMILES string of the molecule is CC(C)(c1ccc(OCC2CO2)cc1)c1ccc(OCC2CO2)cc1.O=C(OC[CH-]O)c1ccccc1C(=O)c1ccccc1.O=C(OC[CH-]O)c1ccccc1C(=O)c1ccccc1.[Y]. The van der Waals surface area contributed by atoms with Gasteiger partial charge in [0.2, 0.25) is 0 Å². The van der Waals surface area contributed by atoms with E-state index in [0.29, 0.717) is 24.3 Å². The van der Waals surface area contributed by atoms with E-state index in [4.69, 9.17) is 38.6 Å². The van der Waals surface area contributed by atoms with E-state index in [9.17, 15) is 19.2 Å². The van der Waals surface area contributed by atoms with E-state index in [1.54, 1.807) is 84.9 Å². The molecule has 6 aromatic rings. The van der Waals surface area contributed by atoms with Crippen LogP contribution in [-0.2, 0) is 57.1 Å². The summed E-state index contributed by atoms with van der Waals surface area (Å²) < 4.78 is 31.4. The molecule has 339 valence electrons. The Morgan fingerprint density at radius 2 is 0.833 bits per heavy atom.